The number of carbonyl (C=O) groups excluding carboxylic acids is 1. The van der Waals surface area contributed by atoms with Crippen LogP contribution in [-0.4, -0.2) is 29.6 Å². The van der Waals surface area contributed by atoms with E-state index in [0.29, 0.717) is 11.4 Å². The van der Waals surface area contributed by atoms with Crippen LogP contribution in [0.25, 0.3) is 0 Å². The Balaban J connectivity index is 2.29. The molecular weight excluding hydrogens is 248 g/mol. The number of nitrogens with two attached hydrogens (primary N) is 1. The van der Waals surface area contributed by atoms with E-state index in [1.54, 1.807) is 0 Å². The SMILES string of the molecule is CC(C)C(NC(=O)CCC1CCCCO1)C(N)=S. The van der Waals surface area contributed by atoms with E-state index in [-0.39, 0.29) is 24.0 Å². The van der Waals surface area contributed by atoms with E-state index in [1.807, 2.05) is 13.8 Å². The number of hydrogen-bond acceptors (Lipinski definition) is 3. The highest BCUT2D eigenvalue weighted by atomic mass is 32.1. The topological polar surface area (TPSA) is 64.3 Å². The summed E-state index contributed by atoms with van der Waals surface area (Å²) in [4.78, 5) is 12.2. The molecule has 1 aliphatic heterocycles. The number of thiocarbonyl (C=S) groups is 1. The average molecular weight is 272 g/mol. The summed E-state index contributed by atoms with van der Waals surface area (Å²) in [7, 11) is 0. The Morgan fingerprint density at radius 1 is 1.50 bits per heavy atom. The smallest absolute Gasteiger partial charge is 0.220 e. The van der Waals surface area contributed by atoms with Gasteiger partial charge in [-0.2, -0.15) is 0 Å². The van der Waals surface area contributed by atoms with E-state index in [2.05, 4.69) is 5.32 Å². The number of carbonyl (C=O) groups is 1. The van der Waals surface area contributed by atoms with Crippen molar-refractivity contribution in [2.75, 3.05) is 6.61 Å². The first-order chi connectivity index (χ1) is 8.50. The molecular formula is C13H24N2O2S. The summed E-state index contributed by atoms with van der Waals surface area (Å²) in [6.07, 6.45) is 4.92. The molecule has 1 heterocycles. The molecule has 2 unspecified atom stereocenters. The highest BCUT2D eigenvalue weighted by Gasteiger charge is 2.20. The Morgan fingerprint density at radius 2 is 2.22 bits per heavy atom. The molecule has 1 fully saturated rings. The van der Waals surface area contributed by atoms with Crippen LogP contribution in [0.1, 0.15) is 46.0 Å². The molecule has 3 N–H and O–H groups in total. The van der Waals surface area contributed by atoms with E-state index in [9.17, 15) is 4.79 Å². The van der Waals surface area contributed by atoms with Crippen LogP contribution in [0.2, 0.25) is 0 Å². The van der Waals surface area contributed by atoms with Crippen molar-refractivity contribution in [3.05, 3.63) is 0 Å². The third-order valence-electron chi connectivity index (χ3n) is 3.26. The van der Waals surface area contributed by atoms with Crippen molar-refractivity contribution in [3.63, 3.8) is 0 Å². The Labute approximate surface area is 115 Å². The van der Waals surface area contributed by atoms with Gasteiger partial charge in [-0.1, -0.05) is 26.1 Å². The predicted molar refractivity (Wildman–Crippen MR) is 76.4 cm³/mol. The first-order valence-electron chi connectivity index (χ1n) is 6.71. The molecule has 4 nitrogen and oxygen atoms in total. The molecule has 0 aromatic rings. The average Bonchev–Trinajstić information content (AvgIpc) is 2.34. The zero-order valence-electron chi connectivity index (χ0n) is 11.3. The van der Waals surface area contributed by atoms with Crippen molar-refractivity contribution in [3.8, 4) is 0 Å². The van der Waals surface area contributed by atoms with E-state index in [1.165, 1.54) is 6.42 Å². The first-order valence-corrected chi connectivity index (χ1v) is 7.11. The molecule has 104 valence electrons. The molecule has 0 radical (unpaired) electrons. The Bertz CT molecular complexity index is 289. The normalized spacial score (nSPS) is 21.6. The van der Waals surface area contributed by atoms with Gasteiger partial charge in [0.1, 0.15) is 0 Å². The van der Waals surface area contributed by atoms with Crippen molar-refractivity contribution in [1.82, 2.24) is 5.32 Å². The fourth-order valence-electron chi connectivity index (χ4n) is 2.14. The van der Waals surface area contributed by atoms with Crippen LogP contribution in [0.4, 0.5) is 0 Å². The maximum Gasteiger partial charge on any atom is 0.220 e. The van der Waals surface area contributed by atoms with Crippen LogP contribution in [-0.2, 0) is 9.53 Å². The van der Waals surface area contributed by atoms with Gasteiger partial charge in [-0.3, -0.25) is 4.79 Å². The van der Waals surface area contributed by atoms with Gasteiger partial charge in [0, 0.05) is 13.0 Å². The Kier molecular flexibility index (Phi) is 6.57. The predicted octanol–water partition coefficient (Wildman–Crippen LogP) is 1.76. The van der Waals surface area contributed by atoms with Gasteiger partial charge in [0.2, 0.25) is 5.91 Å². The lowest BCUT2D eigenvalue weighted by molar-refractivity contribution is -0.122. The molecule has 0 aromatic carbocycles. The molecule has 1 saturated heterocycles. The summed E-state index contributed by atoms with van der Waals surface area (Å²) >= 11 is 4.96. The molecule has 1 rings (SSSR count). The van der Waals surface area contributed by atoms with Crippen molar-refractivity contribution < 1.29 is 9.53 Å². The third-order valence-corrected chi connectivity index (χ3v) is 3.51. The quantitative estimate of drug-likeness (QED) is 0.723. The molecule has 0 spiro atoms. The third kappa shape index (κ3) is 5.31. The van der Waals surface area contributed by atoms with Crippen molar-refractivity contribution >= 4 is 23.1 Å². The molecule has 0 bridgehead atoms. The van der Waals surface area contributed by atoms with Crippen LogP contribution in [0.3, 0.4) is 0 Å². The lowest BCUT2D eigenvalue weighted by atomic mass is 10.0. The minimum absolute atomic E-state index is 0.00988. The number of nitrogens with one attached hydrogen (secondary N) is 1. The fourth-order valence-corrected chi connectivity index (χ4v) is 2.47. The highest BCUT2D eigenvalue weighted by molar-refractivity contribution is 7.80. The summed E-state index contributed by atoms with van der Waals surface area (Å²) in [6.45, 7) is 4.82. The number of hydrogen-bond donors (Lipinski definition) is 2. The summed E-state index contributed by atoms with van der Waals surface area (Å²) in [5.41, 5.74) is 5.62. The maximum absolute atomic E-state index is 11.8. The zero-order valence-corrected chi connectivity index (χ0v) is 12.1. The second kappa shape index (κ2) is 7.69. The first kappa shape index (κ1) is 15.4. The molecule has 2 atom stereocenters. The molecule has 18 heavy (non-hydrogen) atoms. The van der Waals surface area contributed by atoms with E-state index in [4.69, 9.17) is 22.7 Å². The lowest BCUT2D eigenvalue weighted by Gasteiger charge is -2.24. The van der Waals surface area contributed by atoms with Crippen LogP contribution in [0, 0.1) is 5.92 Å². The van der Waals surface area contributed by atoms with Gasteiger partial charge >= 0.3 is 0 Å². The summed E-state index contributed by atoms with van der Waals surface area (Å²) in [5, 5.41) is 2.89. The molecule has 0 aromatic heterocycles. The summed E-state index contributed by atoms with van der Waals surface area (Å²) in [5.74, 6) is 0.230. The number of amides is 1. The minimum atomic E-state index is -0.209. The number of rotatable bonds is 6. The Morgan fingerprint density at radius 3 is 2.72 bits per heavy atom. The van der Waals surface area contributed by atoms with Gasteiger partial charge in [-0.25, -0.2) is 0 Å². The van der Waals surface area contributed by atoms with E-state index >= 15 is 0 Å². The van der Waals surface area contributed by atoms with Gasteiger partial charge in [0.05, 0.1) is 17.1 Å². The Hall–Kier alpha value is -0.680. The van der Waals surface area contributed by atoms with E-state index in [0.717, 1.165) is 25.9 Å². The maximum atomic E-state index is 11.8. The second-order valence-electron chi connectivity index (χ2n) is 5.22. The highest BCUT2D eigenvalue weighted by Crippen LogP contribution is 2.17. The second-order valence-corrected chi connectivity index (χ2v) is 5.69. The lowest BCUT2D eigenvalue weighted by Crippen LogP contribution is -2.46. The fraction of sp³-hybridized carbons (Fsp3) is 0.846. The molecule has 1 amide bonds. The van der Waals surface area contributed by atoms with Gasteiger partial charge < -0.3 is 15.8 Å². The van der Waals surface area contributed by atoms with Crippen LogP contribution >= 0.6 is 12.2 Å². The summed E-state index contributed by atoms with van der Waals surface area (Å²) in [6, 6.07) is -0.209. The van der Waals surface area contributed by atoms with Crippen molar-refractivity contribution in [1.29, 1.82) is 0 Å². The molecule has 1 aliphatic rings. The van der Waals surface area contributed by atoms with Gasteiger partial charge in [0.25, 0.3) is 0 Å². The molecule has 0 saturated carbocycles. The minimum Gasteiger partial charge on any atom is -0.392 e. The largest absolute Gasteiger partial charge is 0.392 e. The number of ether oxygens (including phenoxy) is 1. The summed E-state index contributed by atoms with van der Waals surface area (Å²) < 4.78 is 5.60. The van der Waals surface area contributed by atoms with Crippen molar-refractivity contribution in [2.24, 2.45) is 11.7 Å². The standard InChI is InChI=1S/C13H24N2O2S/c1-9(2)12(13(14)18)15-11(16)7-6-10-5-3-4-8-17-10/h9-10,12H,3-8H2,1-2H3,(H2,14,18)(H,15,16). The van der Waals surface area contributed by atoms with E-state index < -0.39 is 0 Å². The zero-order chi connectivity index (χ0) is 13.5. The monoisotopic (exact) mass is 272 g/mol. The van der Waals surface area contributed by atoms with Crippen LogP contribution in [0.15, 0.2) is 0 Å². The van der Waals surface area contributed by atoms with Crippen LogP contribution < -0.4 is 11.1 Å². The van der Waals surface area contributed by atoms with Gasteiger partial charge in [0.15, 0.2) is 0 Å². The van der Waals surface area contributed by atoms with Gasteiger partial charge in [-0.15, -0.1) is 0 Å². The molecule has 5 heteroatoms. The van der Waals surface area contributed by atoms with Gasteiger partial charge in [-0.05, 0) is 31.6 Å². The molecule has 0 aliphatic carbocycles. The van der Waals surface area contributed by atoms with Crippen molar-refractivity contribution in [2.45, 2.75) is 58.1 Å². The van der Waals surface area contributed by atoms with Crippen LogP contribution in [0.5, 0.6) is 0 Å².